The van der Waals surface area contributed by atoms with Gasteiger partial charge in [-0.3, -0.25) is 14.4 Å². The second-order valence-corrected chi connectivity index (χ2v) is 11.3. The van der Waals surface area contributed by atoms with E-state index in [1.165, 1.54) is 0 Å². The number of cyclic esters (lactones) is 1. The van der Waals surface area contributed by atoms with Crippen molar-refractivity contribution in [1.82, 2.24) is 9.80 Å². The quantitative estimate of drug-likeness (QED) is 0.345. The van der Waals surface area contributed by atoms with Gasteiger partial charge in [-0.05, 0) is 18.8 Å². The van der Waals surface area contributed by atoms with Crippen LogP contribution in [0.5, 0.6) is 0 Å². The number of hydrogen-bond donors (Lipinski definition) is 1. The highest BCUT2D eigenvalue weighted by atomic mass is 32.2. The number of nitrogens with zero attached hydrogens (tertiary/aromatic N) is 2. The molecular formula is C25H36N2O5S. The van der Waals surface area contributed by atoms with Crippen molar-refractivity contribution >= 4 is 29.5 Å². The maximum absolute atomic E-state index is 14.0. The third-order valence-corrected chi connectivity index (χ3v) is 9.23. The third kappa shape index (κ3) is 4.03. The van der Waals surface area contributed by atoms with Gasteiger partial charge in [0.1, 0.15) is 6.04 Å². The summed E-state index contributed by atoms with van der Waals surface area (Å²) in [5, 5.41) is 10.0. The molecule has 2 amide bonds. The topological polar surface area (TPSA) is 87.2 Å². The van der Waals surface area contributed by atoms with Crippen LogP contribution in [0.1, 0.15) is 46.5 Å². The van der Waals surface area contributed by atoms with Crippen LogP contribution in [0.3, 0.4) is 0 Å². The number of hydrogen-bond acceptors (Lipinski definition) is 6. The van der Waals surface area contributed by atoms with Crippen molar-refractivity contribution in [1.29, 1.82) is 0 Å². The average molecular weight is 477 g/mol. The number of carbonyl (C=O) groups is 3. The SMILES string of the molecule is CCCCCN1CC=C[C@]23S[C@H]4C=CCCOC(=O)[C@H]4[C@H]2C(=O)N([C@@H](CO)C(C)C)C3C1=O. The Morgan fingerprint density at radius 3 is 2.70 bits per heavy atom. The van der Waals surface area contributed by atoms with Gasteiger partial charge in [-0.1, -0.05) is 57.9 Å². The summed E-state index contributed by atoms with van der Waals surface area (Å²) in [6, 6.07) is -1.23. The number of carbonyl (C=O) groups excluding carboxylic acids is 3. The number of thioether (sulfide) groups is 1. The molecule has 182 valence electrons. The Balaban J connectivity index is 1.80. The molecule has 1 unspecified atom stereocenters. The number of unbranched alkanes of at least 4 members (excludes halogenated alkanes) is 2. The first-order chi connectivity index (χ1) is 15.9. The molecule has 1 N–H and O–H groups in total. The number of ether oxygens (including phenoxy) is 1. The molecule has 8 heteroatoms. The first-order valence-corrected chi connectivity index (χ1v) is 13.2. The molecule has 4 aliphatic heterocycles. The fourth-order valence-corrected chi connectivity index (χ4v) is 7.81. The molecule has 0 radical (unpaired) electrons. The van der Waals surface area contributed by atoms with Crippen molar-refractivity contribution in [3.05, 3.63) is 24.3 Å². The van der Waals surface area contributed by atoms with E-state index in [0.29, 0.717) is 26.1 Å². The molecule has 2 saturated heterocycles. The Morgan fingerprint density at radius 2 is 2.00 bits per heavy atom. The summed E-state index contributed by atoms with van der Waals surface area (Å²) >= 11 is 1.55. The molecular weight excluding hydrogens is 440 g/mol. The van der Waals surface area contributed by atoms with Gasteiger partial charge in [0.05, 0.1) is 35.8 Å². The number of fused-ring (bicyclic) bond motifs is 2. The number of likely N-dealkylation sites (tertiary alicyclic amines) is 1. The van der Waals surface area contributed by atoms with Gasteiger partial charge in [0, 0.05) is 18.3 Å². The van der Waals surface area contributed by atoms with Gasteiger partial charge in [0.25, 0.3) is 0 Å². The lowest BCUT2D eigenvalue weighted by molar-refractivity contribution is -0.154. The summed E-state index contributed by atoms with van der Waals surface area (Å²) in [6.07, 6.45) is 11.7. The minimum Gasteiger partial charge on any atom is -0.465 e. The second-order valence-electron chi connectivity index (χ2n) is 9.86. The van der Waals surface area contributed by atoms with Gasteiger partial charge in [-0.2, -0.15) is 0 Å². The number of esters is 1. The number of rotatable bonds is 7. The van der Waals surface area contributed by atoms with Crippen LogP contribution in [-0.2, 0) is 19.1 Å². The Labute approximate surface area is 200 Å². The van der Waals surface area contributed by atoms with Crippen molar-refractivity contribution in [2.45, 2.75) is 68.5 Å². The summed E-state index contributed by atoms with van der Waals surface area (Å²) in [7, 11) is 0. The lowest BCUT2D eigenvalue weighted by Gasteiger charge is -2.39. The Kier molecular flexibility index (Phi) is 7.24. The zero-order valence-corrected chi connectivity index (χ0v) is 20.6. The molecule has 0 aromatic carbocycles. The molecule has 1 spiro atoms. The summed E-state index contributed by atoms with van der Waals surface area (Å²) in [5.74, 6) is -2.01. The first-order valence-electron chi connectivity index (χ1n) is 12.3. The van der Waals surface area contributed by atoms with Crippen molar-refractivity contribution in [2.75, 3.05) is 26.3 Å². The van der Waals surface area contributed by atoms with Crippen LogP contribution < -0.4 is 0 Å². The van der Waals surface area contributed by atoms with E-state index in [2.05, 4.69) is 6.92 Å². The molecule has 33 heavy (non-hydrogen) atoms. The van der Waals surface area contributed by atoms with E-state index >= 15 is 0 Å². The van der Waals surface area contributed by atoms with E-state index in [4.69, 9.17) is 4.74 Å². The van der Waals surface area contributed by atoms with Crippen LogP contribution in [0, 0.1) is 17.8 Å². The molecule has 0 bridgehead atoms. The lowest BCUT2D eigenvalue weighted by atomic mass is 9.78. The van der Waals surface area contributed by atoms with Crippen LogP contribution in [0.2, 0.25) is 0 Å². The first kappa shape index (κ1) is 24.3. The molecule has 4 aliphatic rings. The van der Waals surface area contributed by atoms with Crippen molar-refractivity contribution < 1.29 is 24.2 Å². The zero-order chi connectivity index (χ0) is 23.8. The molecule has 6 atom stereocenters. The normalized spacial score (nSPS) is 34.5. The van der Waals surface area contributed by atoms with Crippen molar-refractivity contribution in [3.63, 3.8) is 0 Å². The Bertz CT molecular complexity index is 843. The monoisotopic (exact) mass is 476 g/mol. The van der Waals surface area contributed by atoms with Gasteiger partial charge in [-0.25, -0.2) is 0 Å². The summed E-state index contributed by atoms with van der Waals surface area (Å²) in [6.45, 7) is 7.25. The minimum absolute atomic E-state index is 0.0339. The highest BCUT2D eigenvalue weighted by Crippen LogP contribution is 2.61. The van der Waals surface area contributed by atoms with Gasteiger partial charge in [0.2, 0.25) is 11.8 Å². The highest BCUT2D eigenvalue weighted by molar-refractivity contribution is 8.02. The van der Waals surface area contributed by atoms with Crippen molar-refractivity contribution in [2.24, 2.45) is 17.8 Å². The maximum Gasteiger partial charge on any atom is 0.311 e. The predicted molar refractivity (Wildman–Crippen MR) is 127 cm³/mol. The Morgan fingerprint density at radius 1 is 1.21 bits per heavy atom. The summed E-state index contributed by atoms with van der Waals surface area (Å²) in [4.78, 5) is 44.6. The number of amides is 2. The fourth-order valence-electron chi connectivity index (χ4n) is 5.82. The predicted octanol–water partition coefficient (Wildman–Crippen LogP) is 2.39. The van der Waals surface area contributed by atoms with Gasteiger partial charge < -0.3 is 19.6 Å². The number of aliphatic hydroxyl groups excluding tert-OH is 1. The molecule has 0 aromatic heterocycles. The zero-order valence-electron chi connectivity index (χ0n) is 19.8. The van der Waals surface area contributed by atoms with E-state index in [9.17, 15) is 19.5 Å². The van der Waals surface area contributed by atoms with Crippen LogP contribution in [0.4, 0.5) is 0 Å². The van der Waals surface area contributed by atoms with Gasteiger partial charge in [-0.15, -0.1) is 11.8 Å². The maximum atomic E-state index is 14.0. The van der Waals surface area contributed by atoms with Crippen LogP contribution >= 0.6 is 11.8 Å². The van der Waals surface area contributed by atoms with Gasteiger partial charge >= 0.3 is 5.97 Å². The van der Waals surface area contributed by atoms with Crippen LogP contribution in [0.25, 0.3) is 0 Å². The number of aliphatic hydroxyl groups is 1. The second kappa shape index (κ2) is 9.82. The van der Waals surface area contributed by atoms with E-state index in [0.717, 1.165) is 19.3 Å². The van der Waals surface area contributed by atoms with E-state index in [-0.39, 0.29) is 35.6 Å². The molecule has 0 aromatic rings. The van der Waals surface area contributed by atoms with E-state index in [1.54, 1.807) is 16.7 Å². The van der Waals surface area contributed by atoms with Gasteiger partial charge in [0.15, 0.2) is 0 Å². The Hall–Kier alpha value is -1.80. The smallest absolute Gasteiger partial charge is 0.311 e. The summed E-state index contributed by atoms with van der Waals surface area (Å²) < 4.78 is 4.65. The molecule has 0 saturated carbocycles. The van der Waals surface area contributed by atoms with Crippen LogP contribution in [0.15, 0.2) is 24.3 Å². The largest absolute Gasteiger partial charge is 0.465 e. The lowest BCUT2D eigenvalue weighted by Crippen LogP contribution is -2.57. The van der Waals surface area contributed by atoms with E-state index in [1.807, 2.05) is 43.1 Å². The summed E-state index contributed by atoms with van der Waals surface area (Å²) in [5.41, 5.74) is 0. The minimum atomic E-state index is -0.848. The standard InChI is InChI=1S/C25H36N2O5S/c1-4-5-7-12-26-13-9-11-25-20(19-18(33-25)10-6-8-14-32-24(19)31)22(29)27(21(25)23(26)30)17(15-28)16(2)3/h6,9-11,16-21,28H,4-5,7-8,12-15H2,1-3H3/t17-,18-,19+,20-,21?,25-/m0/s1. The van der Waals surface area contributed by atoms with Crippen molar-refractivity contribution in [3.8, 4) is 0 Å². The molecule has 4 rings (SSSR count). The molecule has 0 aliphatic carbocycles. The fraction of sp³-hybridized carbons (Fsp3) is 0.720. The van der Waals surface area contributed by atoms with Crippen LogP contribution in [-0.4, -0.2) is 81.1 Å². The highest BCUT2D eigenvalue weighted by Gasteiger charge is 2.71. The molecule has 4 heterocycles. The average Bonchev–Trinajstić information content (AvgIpc) is 3.15. The third-order valence-electron chi connectivity index (χ3n) is 7.49. The van der Waals surface area contributed by atoms with E-state index < -0.39 is 28.7 Å². The molecule has 2 fully saturated rings. The molecule has 7 nitrogen and oxygen atoms in total.